The van der Waals surface area contributed by atoms with Crippen molar-refractivity contribution >= 4 is 57.8 Å². The van der Waals surface area contributed by atoms with Gasteiger partial charge in [0.25, 0.3) is 5.91 Å². The summed E-state index contributed by atoms with van der Waals surface area (Å²) in [6, 6.07) is 17.3. The fourth-order valence-electron chi connectivity index (χ4n) is 3.66. The van der Waals surface area contributed by atoms with Gasteiger partial charge in [-0.1, -0.05) is 65.2 Å². The number of allylic oxidation sites excluding steroid dienone is 1. The number of aryl methyl sites for hydroxylation is 1. The maximum absolute atomic E-state index is 12.7. The van der Waals surface area contributed by atoms with Gasteiger partial charge in [0.2, 0.25) is 0 Å². The molecular weight excluding hydrogens is 527 g/mol. The first-order chi connectivity index (χ1) is 17.9. The molecule has 0 unspecified atom stereocenters. The molecule has 4 rings (SSSR count). The van der Waals surface area contributed by atoms with Crippen molar-refractivity contribution in [1.82, 2.24) is 5.32 Å². The van der Waals surface area contributed by atoms with Gasteiger partial charge in [-0.15, -0.1) is 6.58 Å². The molecule has 1 aliphatic rings. The van der Waals surface area contributed by atoms with Crippen molar-refractivity contribution in [2.24, 2.45) is 4.99 Å². The predicted octanol–water partition coefficient (Wildman–Crippen LogP) is 7.90. The van der Waals surface area contributed by atoms with E-state index in [0.29, 0.717) is 56.9 Å². The van der Waals surface area contributed by atoms with E-state index in [1.165, 1.54) is 17.3 Å². The van der Waals surface area contributed by atoms with Gasteiger partial charge in [0.1, 0.15) is 6.61 Å². The van der Waals surface area contributed by atoms with E-state index in [4.69, 9.17) is 32.7 Å². The van der Waals surface area contributed by atoms with Gasteiger partial charge in [0.15, 0.2) is 16.7 Å². The van der Waals surface area contributed by atoms with E-state index >= 15 is 0 Å². The highest BCUT2D eigenvalue weighted by molar-refractivity contribution is 8.18. The second-order valence-corrected chi connectivity index (χ2v) is 10.1. The number of halogens is 2. The van der Waals surface area contributed by atoms with Crippen LogP contribution < -0.4 is 14.8 Å². The fourth-order valence-corrected chi connectivity index (χ4v) is 4.83. The lowest BCUT2D eigenvalue weighted by molar-refractivity contribution is -0.115. The lowest BCUT2D eigenvalue weighted by Crippen LogP contribution is -2.19. The Bertz CT molecular complexity index is 1380. The van der Waals surface area contributed by atoms with E-state index in [2.05, 4.69) is 35.9 Å². The molecule has 0 spiro atoms. The Kier molecular flexibility index (Phi) is 8.98. The monoisotopic (exact) mass is 552 g/mol. The molecule has 1 fully saturated rings. The van der Waals surface area contributed by atoms with Crippen LogP contribution in [0.25, 0.3) is 6.08 Å². The Morgan fingerprint density at radius 2 is 1.89 bits per heavy atom. The van der Waals surface area contributed by atoms with Gasteiger partial charge in [0.05, 0.1) is 27.2 Å². The number of aliphatic imine (C=N–C) groups is 1. The molecule has 0 saturated carbocycles. The van der Waals surface area contributed by atoms with Crippen LogP contribution in [0.3, 0.4) is 0 Å². The van der Waals surface area contributed by atoms with Crippen molar-refractivity contribution in [3.05, 3.63) is 104 Å². The topological polar surface area (TPSA) is 59.9 Å². The molecule has 1 saturated heterocycles. The molecule has 37 heavy (non-hydrogen) atoms. The molecule has 1 aliphatic heterocycles. The molecule has 3 aromatic carbocycles. The maximum atomic E-state index is 12.7. The highest BCUT2D eigenvalue weighted by Gasteiger charge is 2.25. The number of nitrogens with one attached hydrogen (secondary N) is 1. The van der Waals surface area contributed by atoms with Crippen molar-refractivity contribution in [2.75, 3.05) is 6.61 Å². The van der Waals surface area contributed by atoms with Gasteiger partial charge in [-0.05, 0) is 73.5 Å². The van der Waals surface area contributed by atoms with E-state index in [1.807, 2.05) is 37.3 Å². The number of hydrogen-bond donors (Lipinski definition) is 1. The van der Waals surface area contributed by atoms with Crippen LogP contribution in [0.1, 0.15) is 29.2 Å². The van der Waals surface area contributed by atoms with Crippen LogP contribution in [-0.2, 0) is 17.8 Å². The highest BCUT2D eigenvalue weighted by Crippen LogP contribution is 2.38. The number of carbonyl (C=O) groups is 1. The van der Waals surface area contributed by atoms with E-state index < -0.39 is 0 Å². The summed E-state index contributed by atoms with van der Waals surface area (Å²) in [4.78, 5) is 17.6. The van der Waals surface area contributed by atoms with Crippen LogP contribution in [0.4, 0.5) is 5.69 Å². The zero-order valence-electron chi connectivity index (χ0n) is 20.5. The summed E-state index contributed by atoms with van der Waals surface area (Å²) in [6.07, 6.45) is 4.21. The summed E-state index contributed by atoms with van der Waals surface area (Å²) in [6.45, 7) is 8.75. The number of rotatable bonds is 9. The van der Waals surface area contributed by atoms with Crippen molar-refractivity contribution in [3.63, 3.8) is 0 Å². The maximum Gasteiger partial charge on any atom is 0.264 e. The summed E-state index contributed by atoms with van der Waals surface area (Å²) < 4.78 is 12.2. The van der Waals surface area contributed by atoms with Gasteiger partial charge >= 0.3 is 0 Å². The number of carbonyl (C=O) groups excluding carboxylic acids is 1. The quantitative estimate of drug-likeness (QED) is 0.216. The summed E-state index contributed by atoms with van der Waals surface area (Å²) in [7, 11) is 0. The SMILES string of the molecule is C=CCc1cc(/C=C2/SC(=Nc3cccc(Cl)c3Cl)NC2=O)cc(OCC)c1OCc1ccc(C)cc1. The number of benzene rings is 3. The van der Waals surface area contributed by atoms with Gasteiger partial charge in [0, 0.05) is 5.56 Å². The molecule has 1 amide bonds. The third kappa shape index (κ3) is 6.77. The van der Waals surface area contributed by atoms with Crippen LogP contribution in [-0.4, -0.2) is 17.7 Å². The van der Waals surface area contributed by atoms with E-state index in [9.17, 15) is 4.79 Å². The summed E-state index contributed by atoms with van der Waals surface area (Å²) in [5.41, 5.74) is 4.47. The lowest BCUT2D eigenvalue weighted by Gasteiger charge is -2.17. The molecule has 8 heteroatoms. The van der Waals surface area contributed by atoms with Gasteiger partial charge in [-0.25, -0.2) is 4.99 Å². The number of ether oxygens (including phenoxy) is 2. The molecule has 190 valence electrons. The Balaban J connectivity index is 1.63. The second kappa shape index (κ2) is 12.4. The Labute approximate surface area is 231 Å². The zero-order valence-corrected chi connectivity index (χ0v) is 22.8. The Morgan fingerprint density at radius 1 is 1.11 bits per heavy atom. The predicted molar refractivity (Wildman–Crippen MR) is 154 cm³/mol. The molecular formula is C29H26Cl2N2O3S. The molecule has 1 N–H and O–H groups in total. The first kappa shape index (κ1) is 26.9. The van der Waals surface area contributed by atoms with Crippen molar-refractivity contribution in [3.8, 4) is 11.5 Å². The normalized spacial score (nSPS) is 15.2. The summed E-state index contributed by atoms with van der Waals surface area (Å²) in [5, 5.41) is 3.94. The van der Waals surface area contributed by atoms with Gasteiger partial charge in [-0.2, -0.15) is 0 Å². The number of thioether (sulfide) groups is 1. The third-order valence-electron chi connectivity index (χ3n) is 5.42. The van der Waals surface area contributed by atoms with Crippen LogP contribution in [0.5, 0.6) is 11.5 Å². The van der Waals surface area contributed by atoms with Crippen molar-refractivity contribution in [1.29, 1.82) is 0 Å². The summed E-state index contributed by atoms with van der Waals surface area (Å²) >= 11 is 13.6. The minimum Gasteiger partial charge on any atom is -0.490 e. The smallest absolute Gasteiger partial charge is 0.264 e. The lowest BCUT2D eigenvalue weighted by atomic mass is 10.0. The average molecular weight is 554 g/mol. The number of hydrogen-bond acceptors (Lipinski definition) is 5. The van der Waals surface area contributed by atoms with Gasteiger partial charge < -0.3 is 14.8 Å². The minimum atomic E-state index is -0.246. The molecule has 0 aromatic heterocycles. The number of amides is 1. The molecule has 0 atom stereocenters. The second-order valence-electron chi connectivity index (χ2n) is 8.26. The van der Waals surface area contributed by atoms with E-state index in [0.717, 1.165) is 16.7 Å². The number of nitrogens with zero attached hydrogens (tertiary/aromatic N) is 1. The molecule has 3 aromatic rings. The zero-order chi connectivity index (χ0) is 26.4. The first-order valence-corrected chi connectivity index (χ1v) is 13.3. The van der Waals surface area contributed by atoms with Crippen LogP contribution in [0.15, 0.2) is 77.1 Å². The Morgan fingerprint density at radius 3 is 2.62 bits per heavy atom. The standard InChI is InChI=1S/C29H26Cl2N2O3S/c1-4-7-21-14-20(15-24(35-5-2)27(21)36-17-19-12-10-18(3)11-13-19)16-25-28(34)33-29(37-25)32-23-9-6-8-22(30)26(23)31/h4,6,8-16H,1,5,7,17H2,2-3H3,(H,32,33,34)/b25-16+. The van der Waals surface area contributed by atoms with Crippen molar-refractivity contribution < 1.29 is 14.3 Å². The highest BCUT2D eigenvalue weighted by atomic mass is 35.5. The third-order valence-corrected chi connectivity index (χ3v) is 7.14. The fraction of sp³-hybridized carbons (Fsp3) is 0.172. The molecule has 0 aliphatic carbocycles. The van der Waals surface area contributed by atoms with Gasteiger partial charge in [-0.3, -0.25) is 4.79 Å². The Hall–Kier alpha value is -3.19. The molecule has 0 radical (unpaired) electrons. The summed E-state index contributed by atoms with van der Waals surface area (Å²) in [5.74, 6) is 1.04. The van der Waals surface area contributed by atoms with E-state index in [-0.39, 0.29) is 5.91 Å². The molecule has 5 nitrogen and oxygen atoms in total. The van der Waals surface area contributed by atoms with E-state index in [1.54, 1.807) is 24.3 Å². The van der Waals surface area contributed by atoms with Crippen LogP contribution >= 0.6 is 35.0 Å². The van der Waals surface area contributed by atoms with Crippen LogP contribution in [0.2, 0.25) is 10.0 Å². The van der Waals surface area contributed by atoms with Crippen molar-refractivity contribution in [2.45, 2.75) is 26.9 Å². The average Bonchev–Trinajstić information content (AvgIpc) is 3.21. The minimum absolute atomic E-state index is 0.246. The molecule has 1 heterocycles. The van der Waals surface area contributed by atoms with Crippen LogP contribution in [0, 0.1) is 6.92 Å². The largest absolute Gasteiger partial charge is 0.490 e. The molecule has 0 bridgehead atoms. The first-order valence-electron chi connectivity index (χ1n) is 11.7. The number of amidine groups is 1.